The average Bonchev–Trinajstić information content (AvgIpc) is 2.06. The van der Waals surface area contributed by atoms with Crippen molar-refractivity contribution in [2.45, 2.75) is 31.5 Å². The van der Waals surface area contributed by atoms with Crippen LogP contribution in [0.25, 0.3) is 0 Å². The van der Waals surface area contributed by atoms with E-state index in [1.54, 1.807) is 6.07 Å². The fraction of sp³-hybridized carbons (Fsp3) is 0.455. The summed E-state index contributed by atoms with van der Waals surface area (Å²) >= 11 is 3.04. The Balaban J connectivity index is 3.12. The summed E-state index contributed by atoms with van der Waals surface area (Å²) in [6.45, 7) is 4.67. The van der Waals surface area contributed by atoms with Gasteiger partial charge in [0.05, 0.1) is 0 Å². The van der Waals surface area contributed by atoms with Gasteiger partial charge >= 0.3 is 0 Å². The van der Waals surface area contributed by atoms with Gasteiger partial charge in [-0.15, -0.1) is 0 Å². The van der Waals surface area contributed by atoms with Crippen LogP contribution in [0.5, 0.6) is 0 Å². The Bertz CT molecular complexity index is 329. The molecule has 0 saturated heterocycles. The Labute approximate surface area is 91.5 Å². The van der Waals surface area contributed by atoms with Crippen molar-refractivity contribution >= 4 is 15.9 Å². The summed E-state index contributed by atoms with van der Waals surface area (Å²) in [7, 11) is 0. The normalized spacial score (nSPS) is 14.1. The molecule has 0 radical (unpaired) electrons. The highest BCUT2D eigenvalue weighted by molar-refractivity contribution is 9.09. The first-order valence-corrected chi connectivity index (χ1v) is 5.33. The van der Waals surface area contributed by atoms with Gasteiger partial charge in [-0.3, -0.25) is 0 Å². The van der Waals surface area contributed by atoms with Crippen molar-refractivity contribution in [2.75, 3.05) is 0 Å². The maximum Gasteiger partial charge on any atom is 0.261 e. The van der Waals surface area contributed by atoms with Crippen LogP contribution < -0.4 is 0 Å². The van der Waals surface area contributed by atoms with E-state index in [9.17, 15) is 8.78 Å². The van der Waals surface area contributed by atoms with Gasteiger partial charge in [-0.2, -0.15) is 0 Å². The van der Waals surface area contributed by atoms with Crippen molar-refractivity contribution < 1.29 is 8.78 Å². The summed E-state index contributed by atoms with van der Waals surface area (Å²) in [5.41, 5.74) is 2.55. The highest BCUT2D eigenvalue weighted by atomic mass is 79.9. The van der Waals surface area contributed by atoms with Crippen LogP contribution in [0.3, 0.4) is 0 Å². The molecule has 1 unspecified atom stereocenters. The van der Waals surface area contributed by atoms with E-state index in [1.807, 2.05) is 26.0 Å². The van der Waals surface area contributed by atoms with Crippen molar-refractivity contribution in [1.82, 2.24) is 0 Å². The van der Waals surface area contributed by atoms with Crippen LogP contribution in [-0.2, 0) is 0 Å². The first kappa shape index (κ1) is 11.6. The SMILES string of the molecule is Cc1ccc(C)c(C(Br)C(C)(F)F)c1. The molecular formula is C11H13BrF2. The second-order valence-corrected chi connectivity index (χ2v) is 4.59. The summed E-state index contributed by atoms with van der Waals surface area (Å²) in [5, 5.41) is 0. The van der Waals surface area contributed by atoms with Gasteiger partial charge in [0.15, 0.2) is 0 Å². The van der Waals surface area contributed by atoms with E-state index in [1.165, 1.54) is 0 Å². The van der Waals surface area contributed by atoms with Crippen molar-refractivity contribution in [2.24, 2.45) is 0 Å². The van der Waals surface area contributed by atoms with Crippen molar-refractivity contribution in [1.29, 1.82) is 0 Å². The minimum absolute atomic E-state index is 0.664. The third-order valence-electron chi connectivity index (χ3n) is 2.15. The predicted molar refractivity (Wildman–Crippen MR) is 58.2 cm³/mol. The van der Waals surface area contributed by atoms with Gasteiger partial charge < -0.3 is 0 Å². The lowest BCUT2D eigenvalue weighted by Gasteiger charge is -2.20. The molecule has 0 nitrogen and oxygen atoms in total. The van der Waals surface area contributed by atoms with Gasteiger partial charge in [0.2, 0.25) is 0 Å². The number of alkyl halides is 3. The lowest BCUT2D eigenvalue weighted by Crippen LogP contribution is -2.18. The third kappa shape index (κ3) is 2.53. The molecular weight excluding hydrogens is 250 g/mol. The van der Waals surface area contributed by atoms with E-state index in [0.29, 0.717) is 5.56 Å². The molecule has 78 valence electrons. The number of hydrogen-bond acceptors (Lipinski definition) is 0. The second kappa shape index (κ2) is 3.97. The van der Waals surface area contributed by atoms with E-state index in [0.717, 1.165) is 18.1 Å². The number of benzene rings is 1. The van der Waals surface area contributed by atoms with Crippen LogP contribution in [-0.4, -0.2) is 5.92 Å². The second-order valence-electron chi connectivity index (χ2n) is 3.68. The zero-order valence-corrected chi connectivity index (χ0v) is 10.0. The molecule has 1 rings (SSSR count). The molecule has 0 aromatic heterocycles. The zero-order chi connectivity index (χ0) is 10.9. The lowest BCUT2D eigenvalue weighted by molar-refractivity contribution is 0.0211. The van der Waals surface area contributed by atoms with E-state index in [2.05, 4.69) is 15.9 Å². The third-order valence-corrected chi connectivity index (χ3v) is 3.45. The van der Waals surface area contributed by atoms with E-state index in [-0.39, 0.29) is 0 Å². The highest BCUT2D eigenvalue weighted by Crippen LogP contribution is 2.39. The van der Waals surface area contributed by atoms with Crippen LogP contribution in [0.1, 0.15) is 28.4 Å². The lowest BCUT2D eigenvalue weighted by atomic mass is 10.0. The maximum atomic E-state index is 13.1. The monoisotopic (exact) mass is 262 g/mol. The molecule has 1 aromatic rings. The van der Waals surface area contributed by atoms with Crippen LogP contribution >= 0.6 is 15.9 Å². The molecule has 14 heavy (non-hydrogen) atoms. The number of halogens is 3. The van der Waals surface area contributed by atoms with Gasteiger partial charge in [0.1, 0.15) is 4.83 Å². The average molecular weight is 263 g/mol. The van der Waals surface area contributed by atoms with Crippen molar-refractivity contribution in [3.8, 4) is 0 Å². The highest BCUT2D eigenvalue weighted by Gasteiger charge is 2.33. The first-order chi connectivity index (χ1) is 6.32. The van der Waals surface area contributed by atoms with Gasteiger partial charge in [0, 0.05) is 6.92 Å². The molecule has 0 spiro atoms. The molecule has 0 aliphatic rings. The summed E-state index contributed by atoms with van der Waals surface area (Å²) in [4.78, 5) is -0.908. The topological polar surface area (TPSA) is 0 Å². The minimum Gasteiger partial charge on any atom is -0.206 e. The molecule has 1 aromatic carbocycles. The largest absolute Gasteiger partial charge is 0.261 e. The first-order valence-electron chi connectivity index (χ1n) is 4.41. The Morgan fingerprint density at radius 2 is 1.86 bits per heavy atom. The molecule has 0 saturated carbocycles. The Morgan fingerprint density at radius 1 is 1.29 bits per heavy atom. The predicted octanol–water partition coefficient (Wildman–Crippen LogP) is 4.39. The Morgan fingerprint density at radius 3 is 2.36 bits per heavy atom. The summed E-state index contributed by atoms with van der Waals surface area (Å²) in [6, 6.07) is 5.59. The fourth-order valence-corrected chi connectivity index (χ4v) is 1.80. The summed E-state index contributed by atoms with van der Waals surface area (Å²) in [6.07, 6.45) is 0. The minimum atomic E-state index is -2.74. The summed E-state index contributed by atoms with van der Waals surface area (Å²) in [5.74, 6) is -2.74. The maximum absolute atomic E-state index is 13.1. The quantitative estimate of drug-likeness (QED) is 0.694. The zero-order valence-electron chi connectivity index (χ0n) is 8.44. The van der Waals surface area contributed by atoms with E-state index < -0.39 is 10.7 Å². The number of rotatable bonds is 2. The molecule has 0 aliphatic carbocycles. The summed E-state index contributed by atoms with van der Waals surface area (Å²) < 4.78 is 26.1. The van der Waals surface area contributed by atoms with Gasteiger partial charge in [-0.05, 0) is 25.0 Å². The molecule has 0 fully saturated rings. The van der Waals surface area contributed by atoms with Gasteiger partial charge in [0.25, 0.3) is 5.92 Å². The number of hydrogen-bond donors (Lipinski definition) is 0. The van der Waals surface area contributed by atoms with E-state index >= 15 is 0 Å². The van der Waals surface area contributed by atoms with Crippen molar-refractivity contribution in [3.05, 3.63) is 34.9 Å². The van der Waals surface area contributed by atoms with Crippen LogP contribution in [0.15, 0.2) is 18.2 Å². The molecule has 0 bridgehead atoms. The van der Waals surface area contributed by atoms with Gasteiger partial charge in [-0.1, -0.05) is 39.7 Å². The van der Waals surface area contributed by atoms with E-state index in [4.69, 9.17) is 0 Å². The Kier molecular flexibility index (Phi) is 3.30. The molecule has 0 heterocycles. The Hall–Kier alpha value is -0.440. The molecule has 0 amide bonds. The van der Waals surface area contributed by atoms with Crippen LogP contribution in [0.4, 0.5) is 8.78 Å². The van der Waals surface area contributed by atoms with Crippen LogP contribution in [0.2, 0.25) is 0 Å². The molecule has 3 heteroatoms. The molecule has 0 N–H and O–H groups in total. The fourth-order valence-electron chi connectivity index (χ4n) is 1.31. The van der Waals surface area contributed by atoms with Crippen molar-refractivity contribution in [3.63, 3.8) is 0 Å². The number of aryl methyl sites for hydroxylation is 2. The molecule has 1 atom stereocenters. The standard InChI is InChI=1S/C11H13BrF2/c1-7-4-5-8(2)9(6-7)10(12)11(3,13)14/h4-6,10H,1-3H3. The smallest absolute Gasteiger partial charge is 0.206 e. The van der Waals surface area contributed by atoms with Crippen LogP contribution in [0, 0.1) is 13.8 Å². The van der Waals surface area contributed by atoms with Gasteiger partial charge in [-0.25, -0.2) is 8.78 Å². The molecule has 0 aliphatic heterocycles.